The molecule has 0 N–H and O–H groups in total. The van der Waals surface area contributed by atoms with Crippen LogP contribution in [0.2, 0.25) is 0 Å². The summed E-state index contributed by atoms with van der Waals surface area (Å²) < 4.78 is 13.7. The smallest absolute Gasteiger partial charge is 0.259 e. The number of fused-ring (bicyclic) bond motifs is 2. The Morgan fingerprint density at radius 2 is 1.53 bits per heavy atom. The van der Waals surface area contributed by atoms with Crippen LogP contribution in [0.15, 0.2) is 53.6 Å². The molecular weight excluding hydrogens is 783 g/mol. The molecule has 5 aliphatic heterocycles. The second-order valence-corrected chi connectivity index (χ2v) is 19.0. The van der Waals surface area contributed by atoms with Gasteiger partial charge in [-0.1, -0.05) is 6.07 Å². The van der Waals surface area contributed by atoms with Crippen molar-refractivity contribution in [2.75, 3.05) is 82.9 Å². The van der Waals surface area contributed by atoms with Crippen LogP contribution in [0.5, 0.6) is 11.5 Å². The zero-order valence-corrected chi connectivity index (χ0v) is 36.5. The Labute approximate surface area is 363 Å². The normalized spacial score (nSPS) is 22.2. The fourth-order valence-corrected chi connectivity index (χ4v) is 11.0. The van der Waals surface area contributed by atoms with Gasteiger partial charge in [0, 0.05) is 125 Å². The van der Waals surface area contributed by atoms with Crippen molar-refractivity contribution in [1.29, 1.82) is 0 Å². The van der Waals surface area contributed by atoms with Gasteiger partial charge >= 0.3 is 0 Å². The number of benzene rings is 2. The first-order chi connectivity index (χ1) is 30.1. The third kappa shape index (κ3) is 7.54. The lowest BCUT2D eigenvalue weighted by atomic mass is 9.71. The van der Waals surface area contributed by atoms with Crippen molar-refractivity contribution in [2.24, 2.45) is 18.4 Å². The molecule has 0 bridgehead atoms. The van der Waals surface area contributed by atoms with Crippen molar-refractivity contribution >= 4 is 39.8 Å². The number of hydrogen-bond acceptors (Lipinski definition) is 11. The molecule has 13 heteroatoms. The van der Waals surface area contributed by atoms with Crippen LogP contribution in [-0.4, -0.2) is 121 Å². The first-order valence-corrected chi connectivity index (χ1v) is 22.8. The van der Waals surface area contributed by atoms with Crippen LogP contribution in [0.1, 0.15) is 79.3 Å². The van der Waals surface area contributed by atoms with E-state index in [1.165, 1.54) is 12.8 Å². The van der Waals surface area contributed by atoms with Gasteiger partial charge in [-0.05, 0) is 99.0 Å². The molecule has 13 nitrogen and oxygen atoms in total. The number of nitrogens with zero attached hydrogens (tertiary/aromatic N) is 7. The second kappa shape index (κ2) is 16.5. The fourth-order valence-electron chi connectivity index (χ4n) is 11.0. The van der Waals surface area contributed by atoms with Gasteiger partial charge in [0.2, 0.25) is 0 Å². The van der Waals surface area contributed by atoms with E-state index in [0.29, 0.717) is 54.5 Å². The number of ketones is 2. The monoisotopic (exact) mass is 841 g/mol. The summed E-state index contributed by atoms with van der Waals surface area (Å²) in [6.07, 6.45) is 10.4. The van der Waals surface area contributed by atoms with Crippen LogP contribution in [0.25, 0.3) is 21.9 Å². The average Bonchev–Trinajstić information content (AvgIpc) is 3.59. The van der Waals surface area contributed by atoms with Gasteiger partial charge in [0.05, 0.1) is 31.2 Å². The molecular formula is C49H59N7O6. The number of anilines is 2. The highest BCUT2D eigenvalue weighted by Crippen LogP contribution is 2.44. The van der Waals surface area contributed by atoms with E-state index in [2.05, 4.69) is 48.8 Å². The highest BCUT2D eigenvalue weighted by molar-refractivity contribution is 6.02. The maximum absolute atomic E-state index is 13.7. The predicted octanol–water partition coefficient (Wildman–Crippen LogP) is 5.68. The van der Waals surface area contributed by atoms with E-state index in [4.69, 9.17) is 9.47 Å². The number of ether oxygens (including phenoxy) is 2. The second-order valence-electron chi connectivity index (χ2n) is 19.0. The molecule has 62 heavy (non-hydrogen) atoms. The Morgan fingerprint density at radius 3 is 2.24 bits per heavy atom. The number of methoxy groups -OCH3 is 2. The molecule has 10 rings (SSSR count). The lowest BCUT2D eigenvalue weighted by Gasteiger charge is -2.55. The van der Waals surface area contributed by atoms with Gasteiger partial charge < -0.3 is 33.6 Å². The fraction of sp³-hybridized carbons (Fsp3) is 0.531. The summed E-state index contributed by atoms with van der Waals surface area (Å²) in [7, 11) is 5.21. The number of pyridine rings is 2. The van der Waals surface area contributed by atoms with Crippen LogP contribution in [0, 0.1) is 11.3 Å². The van der Waals surface area contributed by atoms with Crippen molar-refractivity contribution in [1.82, 2.24) is 24.3 Å². The molecule has 1 saturated carbocycles. The van der Waals surface area contributed by atoms with E-state index < -0.39 is 6.04 Å². The van der Waals surface area contributed by atoms with Crippen LogP contribution >= 0.6 is 0 Å². The Hall–Kier alpha value is -5.27. The summed E-state index contributed by atoms with van der Waals surface area (Å²) in [5.41, 5.74) is 5.95. The molecule has 1 unspecified atom stereocenters. The maximum Gasteiger partial charge on any atom is 0.259 e. The number of carbonyl (C=O) groups excluding carboxylic acids is 3. The zero-order chi connectivity index (χ0) is 42.7. The van der Waals surface area contributed by atoms with Gasteiger partial charge in [0.25, 0.3) is 11.5 Å². The Morgan fingerprint density at radius 1 is 0.790 bits per heavy atom. The van der Waals surface area contributed by atoms with Crippen LogP contribution in [0.4, 0.5) is 11.5 Å². The van der Waals surface area contributed by atoms with Crippen LogP contribution in [-0.2, 0) is 29.7 Å². The largest absolute Gasteiger partial charge is 0.496 e. The number of amides is 1. The summed E-state index contributed by atoms with van der Waals surface area (Å²) in [5, 5.41) is 1.48. The van der Waals surface area contributed by atoms with Gasteiger partial charge in [0.1, 0.15) is 23.1 Å². The van der Waals surface area contributed by atoms with Crippen molar-refractivity contribution in [2.45, 2.75) is 76.9 Å². The van der Waals surface area contributed by atoms with Crippen LogP contribution in [0.3, 0.4) is 0 Å². The van der Waals surface area contributed by atoms with E-state index in [0.717, 1.165) is 135 Å². The molecule has 1 atom stereocenters. The maximum atomic E-state index is 13.7. The minimum absolute atomic E-state index is 0.0653. The van der Waals surface area contributed by atoms with E-state index in [1.807, 2.05) is 18.3 Å². The summed E-state index contributed by atoms with van der Waals surface area (Å²) in [6.45, 7) is 10.6. The molecule has 5 fully saturated rings. The summed E-state index contributed by atoms with van der Waals surface area (Å²) in [5.74, 6) is 3.31. The number of hydrogen-bond donors (Lipinski definition) is 0. The SMILES string of the molecule is COc1cc(-c2cn(C)c(=O)c3cnc(N4CCC4)cc23)cc(OC)c1CN1CC(CN2CCC3(CC2)CN(c2ccc4c(c2)C(=O)N(C2CCC(=O)CCCCC2=O)C4)C3)C1. The van der Waals surface area contributed by atoms with E-state index in [-0.39, 0.29) is 23.0 Å². The molecule has 4 aromatic rings. The highest BCUT2D eigenvalue weighted by Gasteiger charge is 2.46. The first-order valence-electron chi connectivity index (χ1n) is 22.8. The lowest BCUT2D eigenvalue weighted by molar-refractivity contribution is -0.124. The van der Waals surface area contributed by atoms with Gasteiger partial charge in [-0.3, -0.25) is 24.1 Å². The number of likely N-dealkylation sites (tertiary alicyclic amines) is 2. The van der Waals surface area contributed by atoms with E-state index in [1.54, 1.807) is 36.9 Å². The quantitative estimate of drug-likeness (QED) is 0.196. The Bertz CT molecular complexity index is 2450. The summed E-state index contributed by atoms with van der Waals surface area (Å²) >= 11 is 0. The summed E-state index contributed by atoms with van der Waals surface area (Å²) in [4.78, 5) is 68.4. The zero-order valence-electron chi connectivity index (χ0n) is 36.5. The van der Waals surface area contributed by atoms with Crippen molar-refractivity contribution < 1.29 is 23.9 Å². The lowest BCUT2D eigenvalue weighted by Crippen LogP contribution is -2.61. The van der Waals surface area contributed by atoms with Crippen molar-refractivity contribution in [3.8, 4) is 22.6 Å². The topological polar surface area (TPSA) is 121 Å². The standard InChI is InChI=1S/C49H59N7O6/c1-51-28-40(38-22-46(54-15-6-16-54)50-23-39(38)47(51)59)34-19-44(61-2)41(45(20-34)62-3)29-53-25-32(26-53)24-52-17-13-49(14-18-52)30-55(31-49)35-10-9-33-27-56(48(60)37(33)21-35)42-12-11-36(57)7-4-5-8-43(42)58/h9-10,19-23,28,32,42H,4-8,11-18,24-27,29-31H2,1-3H3. The van der Waals surface area contributed by atoms with Crippen molar-refractivity contribution in [3.63, 3.8) is 0 Å². The number of rotatable bonds is 10. The molecule has 6 aliphatic rings. The molecule has 2 aromatic heterocycles. The molecule has 1 aliphatic carbocycles. The predicted molar refractivity (Wildman–Crippen MR) is 239 cm³/mol. The Balaban J connectivity index is 0.728. The van der Waals surface area contributed by atoms with Gasteiger partial charge in [-0.25, -0.2) is 4.98 Å². The minimum atomic E-state index is -0.505. The van der Waals surface area contributed by atoms with E-state index in [9.17, 15) is 19.2 Å². The minimum Gasteiger partial charge on any atom is -0.496 e. The molecule has 2 aromatic carbocycles. The third-order valence-electron chi connectivity index (χ3n) is 14.9. The van der Waals surface area contributed by atoms with Crippen molar-refractivity contribution in [3.05, 3.63) is 75.8 Å². The Kier molecular flexibility index (Phi) is 10.8. The highest BCUT2D eigenvalue weighted by atomic mass is 16.5. The summed E-state index contributed by atoms with van der Waals surface area (Å²) in [6, 6.07) is 12.0. The molecule has 326 valence electrons. The number of piperidine rings is 1. The van der Waals surface area contributed by atoms with Gasteiger partial charge in [-0.15, -0.1) is 0 Å². The average molecular weight is 842 g/mol. The molecule has 1 amide bonds. The molecule has 4 saturated heterocycles. The van der Waals surface area contributed by atoms with Gasteiger partial charge in [-0.2, -0.15) is 0 Å². The van der Waals surface area contributed by atoms with E-state index >= 15 is 0 Å². The molecule has 0 radical (unpaired) electrons. The number of aromatic nitrogens is 2. The van der Waals surface area contributed by atoms with Crippen LogP contribution < -0.4 is 24.8 Å². The number of carbonyl (C=O) groups is 3. The first kappa shape index (κ1) is 40.8. The van der Waals surface area contributed by atoms with Gasteiger partial charge in [0.15, 0.2) is 5.78 Å². The third-order valence-corrected chi connectivity index (χ3v) is 14.9. The molecule has 7 heterocycles. The number of Topliss-reactive ketones (excluding diaryl/α,β-unsaturated/α-hetero) is 2. The molecule has 1 spiro atoms. The number of aryl methyl sites for hydroxylation is 1.